The molecule has 0 atom stereocenters. The molecule has 10 heavy (non-hydrogen) atoms. The minimum Gasteiger partial charge on any atom is -0.357 e. The van der Waals surface area contributed by atoms with Gasteiger partial charge in [-0.2, -0.15) is 0 Å². The molecule has 1 aromatic rings. The van der Waals surface area contributed by atoms with Crippen LogP contribution in [0.15, 0.2) is 5.16 Å². The predicted octanol–water partition coefficient (Wildman–Crippen LogP) is -1.46. The van der Waals surface area contributed by atoms with Crippen molar-refractivity contribution in [2.24, 2.45) is 7.05 Å². The minimum absolute atomic E-state index is 0.851. The Morgan fingerprint density at radius 1 is 1.70 bits per heavy atom. The zero-order chi connectivity index (χ0) is 7.40. The van der Waals surface area contributed by atoms with Gasteiger partial charge in [0, 0.05) is 7.05 Å². The van der Waals surface area contributed by atoms with Crippen molar-refractivity contribution in [1.29, 1.82) is 0 Å². The van der Waals surface area contributed by atoms with E-state index in [1.54, 1.807) is 16.4 Å². The van der Waals surface area contributed by atoms with Crippen LogP contribution in [-0.2, 0) is 7.05 Å². The summed E-state index contributed by atoms with van der Waals surface area (Å²) in [7, 11) is 1.82. The first-order valence-electron chi connectivity index (χ1n) is 2.99. The molecule has 5 nitrogen and oxygen atoms in total. The lowest BCUT2D eigenvalue weighted by atomic mass is 10.8. The van der Waals surface area contributed by atoms with E-state index in [9.17, 15) is 0 Å². The highest BCUT2D eigenvalue weighted by atomic mass is 32.2. The molecule has 0 radical (unpaired) electrons. The van der Waals surface area contributed by atoms with Gasteiger partial charge < -0.3 is 5.73 Å². The molecule has 0 aliphatic rings. The average molecular weight is 160 g/mol. The molecular weight excluding hydrogens is 150 g/mol. The van der Waals surface area contributed by atoms with E-state index in [0.717, 1.165) is 17.5 Å². The first-order chi connectivity index (χ1) is 4.84. The van der Waals surface area contributed by atoms with E-state index in [1.165, 1.54) is 0 Å². The molecule has 0 fully saturated rings. The van der Waals surface area contributed by atoms with Crippen LogP contribution in [0.1, 0.15) is 0 Å². The molecule has 0 spiro atoms. The van der Waals surface area contributed by atoms with Crippen molar-refractivity contribution in [2.45, 2.75) is 5.16 Å². The van der Waals surface area contributed by atoms with Crippen LogP contribution in [0.25, 0.3) is 0 Å². The van der Waals surface area contributed by atoms with Crippen molar-refractivity contribution in [2.75, 3.05) is 12.3 Å². The number of rotatable bonds is 3. The number of thioether (sulfide) groups is 1. The van der Waals surface area contributed by atoms with Crippen LogP contribution in [-0.4, -0.2) is 32.5 Å². The number of hydrogen-bond donors (Lipinski definition) is 1. The number of nitrogens with zero attached hydrogens (tertiary/aromatic N) is 4. The molecule has 0 bridgehead atoms. The highest BCUT2D eigenvalue weighted by Gasteiger charge is 2.00. The van der Waals surface area contributed by atoms with E-state index in [-0.39, 0.29) is 0 Å². The predicted molar refractivity (Wildman–Crippen MR) is 37.3 cm³/mol. The quantitative estimate of drug-likeness (QED) is 0.549. The van der Waals surface area contributed by atoms with Gasteiger partial charge in [-0.05, 0) is 10.4 Å². The van der Waals surface area contributed by atoms with Gasteiger partial charge in [0.25, 0.3) is 0 Å². The van der Waals surface area contributed by atoms with E-state index in [0.29, 0.717) is 0 Å². The largest absolute Gasteiger partial charge is 0.357 e. The van der Waals surface area contributed by atoms with Crippen molar-refractivity contribution in [3.05, 3.63) is 0 Å². The second-order valence-electron chi connectivity index (χ2n) is 1.79. The van der Waals surface area contributed by atoms with Gasteiger partial charge in [-0.15, -0.1) is 5.10 Å². The lowest BCUT2D eigenvalue weighted by Crippen LogP contribution is -2.51. The topological polar surface area (TPSA) is 71.2 Å². The van der Waals surface area contributed by atoms with E-state index in [1.807, 2.05) is 7.05 Å². The third kappa shape index (κ3) is 1.68. The van der Waals surface area contributed by atoms with Crippen LogP contribution < -0.4 is 5.73 Å². The fourth-order valence-corrected chi connectivity index (χ4v) is 1.15. The molecule has 6 heteroatoms. The monoisotopic (exact) mass is 160 g/mol. The second-order valence-corrected chi connectivity index (χ2v) is 2.85. The number of hydrogen-bond acceptors (Lipinski definition) is 4. The van der Waals surface area contributed by atoms with Crippen molar-refractivity contribution in [3.63, 3.8) is 0 Å². The molecule has 1 heterocycles. The van der Waals surface area contributed by atoms with Gasteiger partial charge in [-0.1, -0.05) is 11.8 Å². The van der Waals surface area contributed by atoms with Gasteiger partial charge in [-0.3, -0.25) is 0 Å². The summed E-state index contributed by atoms with van der Waals surface area (Å²) in [6.45, 7) is 0.900. The molecule has 56 valence electrons. The highest BCUT2D eigenvalue weighted by Crippen LogP contribution is 2.09. The molecule has 0 unspecified atom stereocenters. The normalized spacial score (nSPS) is 10.2. The Labute approximate surface area is 63.0 Å². The summed E-state index contributed by atoms with van der Waals surface area (Å²) >= 11 is 1.62. The maximum absolute atomic E-state index is 3.79. The summed E-state index contributed by atoms with van der Waals surface area (Å²) < 4.78 is 1.65. The van der Waals surface area contributed by atoms with Crippen LogP contribution >= 0.6 is 11.8 Å². The molecule has 0 saturated carbocycles. The van der Waals surface area contributed by atoms with E-state index in [2.05, 4.69) is 21.3 Å². The molecule has 0 aliphatic carbocycles. The van der Waals surface area contributed by atoms with Crippen molar-refractivity contribution >= 4 is 11.8 Å². The summed E-state index contributed by atoms with van der Waals surface area (Å²) in [6.07, 6.45) is 0. The fraction of sp³-hybridized carbons (Fsp3) is 0.750. The summed E-state index contributed by atoms with van der Waals surface area (Å²) in [4.78, 5) is 0. The molecule has 3 N–H and O–H groups in total. The van der Waals surface area contributed by atoms with Crippen molar-refractivity contribution < 1.29 is 5.73 Å². The van der Waals surface area contributed by atoms with Gasteiger partial charge in [0.05, 0.1) is 12.3 Å². The summed E-state index contributed by atoms with van der Waals surface area (Å²) in [5, 5.41) is 11.8. The first kappa shape index (κ1) is 7.49. The Kier molecular flexibility index (Phi) is 2.64. The third-order valence-electron chi connectivity index (χ3n) is 0.957. The number of quaternary nitrogens is 1. The van der Waals surface area contributed by atoms with Gasteiger partial charge in [0.2, 0.25) is 5.16 Å². The molecule has 0 saturated heterocycles. The van der Waals surface area contributed by atoms with Crippen LogP contribution in [0.5, 0.6) is 0 Å². The van der Waals surface area contributed by atoms with Crippen LogP contribution in [0.3, 0.4) is 0 Å². The lowest BCUT2D eigenvalue weighted by molar-refractivity contribution is -0.360. The van der Waals surface area contributed by atoms with Gasteiger partial charge >= 0.3 is 0 Å². The van der Waals surface area contributed by atoms with Gasteiger partial charge in [-0.25, -0.2) is 4.68 Å². The number of aryl methyl sites for hydroxylation is 1. The van der Waals surface area contributed by atoms with Crippen LogP contribution in [0, 0.1) is 0 Å². The maximum Gasteiger partial charge on any atom is 0.209 e. The summed E-state index contributed by atoms with van der Waals surface area (Å²) in [6, 6.07) is 0. The van der Waals surface area contributed by atoms with Gasteiger partial charge in [0.15, 0.2) is 0 Å². The molecule has 0 aromatic carbocycles. The standard InChI is InChI=1S/C4H9N5S/c1-9-4(6-7-8-9)10-3-2-5/h2-3,5H2,1H3/p+1. The second kappa shape index (κ2) is 3.52. The maximum atomic E-state index is 3.79. The Hall–Kier alpha value is -0.620. The fourth-order valence-electron chi connectivity index (χ4n) is 0.507. The number of tetrazole rings is 1. The smallest absolute Gasteiger partial charge is 0.209 e. The Bertz CT molecular complexity index is 197. The number of aromatic nitrogens is 4. The zero-order valence-corrected chi connectivity index (χ0v) is 6.63. The summed E-state index contributed by atoms with van der Waals surface area (Å²) in [5.74, 6) is 0.966. The Morgan fingerprint density at radius 3 is 3.00 bits per heavy atom. The van der Waals surface area contributed by atoms with Crippen LogP contribution in [0.2, 0.25) is 0 Å². The molecule has 1 rings (SSSR count). The molecule has 0 aliphatic heterocycles. The highest BCUT2D eigenvalue weighted by molar-refractivity contribution is 7.99. The van der Waals surface area contributed by atoms with Gasteiger partial charge in [0.1, 0.15) is 0 Å². The first-order valence-corrected chi connectivity index (χ1v) is 3.97. The molecule has 0 amide bonds. The van der Waals surface area contributed by atoms with E-state index >= 15 is 0 Å². The molecular formula is C4H10N5S+. The average Bonchev–Trinajstić information content (AvgIpc) is 2.31. The molecule has 1 aromatic heterocycles. The van der Waals surface area contributed by atoms with Crippen molar-refractivity contribution in [3.8, 4) is 0 Å². The Morgan fingerprint density at radius 2 is 2.50 bits per heavy atom. The SMILES string of the molecule is Cn1nnnc1SCC[NH3+]. The Balaban J connectivity index is 2.49. The summed E-state index contributed by atoms with van der Waals surface area (Å²) in [5.41, 5.74) is 3.72. The zero-order valence-electron chi connectivity index (χ0n) is 5.82. The van der Waals surface area contributed by atoms with Crippen molar-refractivity contribution in [1.82, 2.24) is 20.2 Å². The van der Waals surface area contributed by atoms with E-state index < -0.39 is 0 Å². The lowest BCUT2D eigenvalue weighted by Gasteiger charge is -1.92. The third-order valence-corrected chi connectivity index (χ3v) is 2.05. The van der Waals surface area contributed by atoms with E-state index in [4.69, 9.17) is 0 Å². The minimum atomic E-state index is 0.851. The van der Waals surface area contributed by atoms with Crippen LogP contribution in [0.4, 0.5) is 0 Å².